The molecule has 0 amide bonds. The molecule has 0 heterocycles. The van der Waals surface area contributed by atoms with Crippen LogP contribution in [0.4, 0.5) is 0 Å². The Morgan fingerprint density at radius 2 is 1.50 bits per heavy atom. The van der Waals surface area contributed by atoms with Crippen LogP contribution < -0.4 is 0 Å². The molecule has 1 aromatic rings. The molecule has 0 fully saturated rings. The van der Waals surface area contributed by atoms with Gasteiger partial charge in [-0.15, -0.1) is 0 Å². The minimum atomic E-state index is -0.539. The number of rotatable bonds is 1. The van der Waals surface area contributed by atoms with Crippen LogP contribution in [0.5, 0.6) is 0 Å². The zero-order valence-corrected chi connectivity index (χ0v) is 13.0. The van der Waals surface area contributed by atoms with Crippen LogP contribution in [-0.2, 0) is 9.59 Å². The molecule has 20 heavy (non-hydrogen) atoms. The first-order chi connectivity index (χ1) is 9.21. The number of carbonyl (C=O) groups is 2. The Kier molecular flexibility index (Phi) is 3.90. The molecule has 0 bridgehead atoms. The summed E-state index contributed by atoms with van der Waals surface area (Å²) in [6, 6.07) is 5.14. The quantitative estimate of drug-likeness (QED) is 0.565. The Labute approximate surface area is 128 Å². The largest absolute Gasteiger partial charge is 0.286 e. The number of halogens is 2. The van der Waals surface area contributed by atoms with Crippen LogP contribution >= 0.6 is 23.2 Å². The van der Waals surface area contributed by atoms with E-state index in [0.717, 1.165) is 0 Å². The molecule has 1 aromatic carbocycles. The third-order valence-corrected chi connectivity index (χ3v) is 3.74. The van der Waals surface area contributed by atoms with E-state index in [9.17, 15) is 9.59 Å². The molecule has 0 atom stereocenters. The fraction of sp³-hybridized carbons (Fsp3) is 0.250. The van der Waals surface area contributed by atoms with E-state index in [4.69, 9.17) is 23.2 Å². The van der Waals surface area contributed by atoms with E-state index in [1.807, 2.05) is 20.8 Å². The van der Waals surface area contributed by atoms with E-state index in [-0.39, 0.29) is 0 Å². The fourth-order valence-electron chi connectivity index (χ4n) is 2.08. The Morgan fingerprint density at radius 1 is 0.950 bits per heavy atom. The number of hydrogen-bond acceptors (Lipinski definition) is 2. The van der Waals surface area contributed by atoms with Crippen molar-refractivity contribution in [2.24, 2.45) is 5.41 Å². The summed E-state index contributed by atoms with van der Waals surface area (Å²) in [5.74, 6) is -1.01. The SMILES string of the molecule is CC(C)(C)C1=CC(c2c(Cl)cccc2Cl)=CC(=O)C1=O. The number of benzene rings is 1. The monoisotopic (exact) mass is 308 g/mol. The average molecular weight is 309 g/mol. The van der Waals surface area contributed by atoms with Crippen molar-refractivity contribution in [1.82, 2.24) is 0 Å². The van der Waals surface area contributed by atoms with Gasteiger partial charge in [0, 0.05) is 21.2 Å². The molecule has 104 valence electrons. The Bertz CT molecular complexity index is 641. The van der Waals surface area contributed by atoms with Crippen molar-refractivity contribution in [1.29, 1.82) is 0 Å². The lowest BCUT2D eigenvalue weighted by Crippen LogP contribution is -2.26. The van der Waals surface area contributed by atoms with Gasteiger partial charge >= 0.3 is 0 Å². The summed E-state index contributed by atoms with van der Waals surface area (Å²) in [7, 11) is 0. The Morgan fingerprint density at radius 3 is 2.00 bits per heavy atom. The first kappa shape index (κ1) is 15.0. The molecule has 4 heteroatoms. The van der Waals surface area contributed by atoms with Crippen molar-refractivity contribution in [3.8, 4) is 0 Å². The van der Waals surface area contributed by atoms with Gasteiger partial charge in [-0.25, -0.2) is 0 Å². The van der Waals surface area contributed by atoms with E-state index < -0.39 is 17.0 Å². The van der Waals surface area contributed by atoms with Gasteiger partial charge in [-0.05, 0) is 35.3 Å². The zero-order chi connectivity index (χ0) is 15.1. The molecule has 2 rings (SSSR count). The van der Waals surface area contributed by atoms with Crippen LogP contribution in [0.1, 0.15) is 26.3 Å². The highest BCUT2D eigenvalue weighted by Gasteiger charge is 2.31. The third kappa shape index (κ3) is 2.72. The third-order valence-electron chi connectivity index (χ3n) is 3.11. The molecule has 0 radical (unpaired) electrons. The smallest absolute Gasteiger partial charge is 0.229 e. The van der Waals surface area contributed by atoms with Gasteiger partial charge < -0.3 is 0 Å². The van der Waals surface area contributed by atoms with Crippen LogP contribution in [0.25, 0.3) is 5.57 Å². The van der Waals surface area contributed by atoms with Crippen molar-refractivity contribution < 1.29 is 9.59 Å². The van der Waals surface area contributed by atoms with Gasteiger partial charge in [-0.1, -0.05) is 50.0 Å². The van der Waals surface area contributed by atoms with Crippen LogP contribution in [-0.4, -0.2) is 11.6 Å². The van der Waals surface area contributed by atoms with Gasteiger partial charge in [-0.3, -0.25) is 9.59 Å². The lowest BCUT2D eigenvalue weighted by Gasteiger charge is -2.24. The first-order valence-electron chi connectivity index (χ1n) is 6.18. The van der Waals surface area contributed by atoms with E-state index >= 15 is 0 Å². The van der Waals surface area contributed by atoms with Crippen molar-refractivity contribution in [3.63, 3.8) is 0 Å². The van der Waals surface area contributed by atoms with Gasteiger partial charge in [0.15, 0.2) is 0 Å². The number of allylic oxidation sites excluding steroid dienone is 4. The van der Waals surface area contributed by atoms with Crippen molar-refractivity contribution in [2.75, 3.05) is 0 Å². The second-order valence-corrected chi connectivity index (χ2v) is 6.51. The molecule has 0 N–H and O–H groups in total. The number of Topliss-reactive ketones (excluding diaryl/α,β-unsaturated/α-hetero) is 1. The number of hydrogen-bond donors (Lipinski definition) is 0. The summed E-state index contributed by atoms with van der Waals surface area (Å²) in [6.45, 7) is 5.67. The maximum atomic E-state index is 12.0. The molecule has 0 unspecified atom stereocenters. The lowest BCUT2D eigenvalue weighted by atomic mass is 9.78. The summed E-state index contributed by atoms with van der Waals surface area (Å²) >= 11 is 12.3. The van der Waals surface area contributed by atoms with Crippen LogP contribution in [0, 0.1) is 5.41 Å². The Hall–Kier alpha value is -1.38. The average Bonchev–Trinajstić information content (AvgIpc) is 2.31. The van der Waals surface area contributed by atoms with Gasteiger partial charge in [-0.2, -0.15) is 0 Å². The van der Waals surface area contributed by atoms with E-state index in [0.29, 0.717) is 26.8 Å². The second kappa shape index (κ2) is 5.19. The number of carbonyl (C=O) groups excluding carboxylic acids is 2. The topological polar surface area (TPSA) is 34.1 Å². The highest BCUT2D eigenvalue weighted by atomic mass is 35.5. The standard InChI is InChI=1S/C16H14Cl2O2/c1-16(2,3)10-7-9(8-13(19)15(10)20)14-11(17)5-4-6-12(14)18/h4-8H,1-3H3. The number of ketones is 2. The maximum Gasteiger partial charge on any atom is 0.229 e. The molecule has 2 nitrogen and oxygen atoms in total. The molecule has 0 aromatic heterocycles. The van der Waals surface area contributed by atoms with Crippen LogP contribution in [0.15, 0.2) is 35.9 Å². The minimum absolute atomic E-state index is 0.417. The molecule has 0 aliphatic heterocycles. The molecule has 1 aliphatic rings. The minimum Gasteiger partial charge on any atom is -0.286 e. The predicted octanol–water partition coefficient (Wildman–Crippen LogP) is 4.50. The van der Waals surface area contributed by atoms with Crippen LogP contribution in [0.2, 0.25) is 10.0 Å². The van der Waals surface area contributed by atoms with E-state index in [1.54, 1.807) is 24.3 Å². The van der Waals surface area contributed by atoms with Gasteiger partial charge in [0.1, 0.15) is 0 Å². The Balaban J connectivity index is 2.64. The lowest BCUT2D eigenvalue weighted by molar-refractivity contribution is -0.132. The molecular formula is C16H14Cl2O2. The molecule has 0 saturated carbocycles. The van der Waals surface area contributed by atoms with Crippen molar-refractivity contribution >= 4 is 40.3 Å². The predicted molar refractivity (Wildman–Crippen MR) is 82.0 cm³/mol. The summed E-state index contributed by atoms with van der Waals surface area (Å²) < 4.78 is 0. The summed E-state index contributed by atoms with van der Waals surface area (Å²) in [5, 5.41) is 0.908. The van der Waals surface area contributed by atoms with Gasteiger partial charge in [0.2, 0.25) is 11.6 Å². The molecular weight excluding hydrogens is 295 g/mol. The summed E-state index contributed by atoms with van der Waals surface area (Å²) in [4.78, 5) is 23.9. The van der Waals surface area contributed by atoms with Gasteiger partial charge in [0.05, 0.1) is 0 Å². The maximum absolute atomic E-state index is 12.0. The van der Waals surface area contributed by atoms with Crippen molar-refractivity contribution in [3.05, 3.63) is 51.5 Å². The highest BCUT2D eigenvalue weighted by molar-refractivity contribution is 6.50. The highest BCUT2D eigenvalue weighted by Crippen LogP contribution is 2.37. The summed E-state index contributed by atoms with van der Waals surface area (Å²) in [6.07, 6.45) is 3.00. The fourth-order valence-corrected chi connectivity index (χ4v) is 2.69. The van der Waals surface area contributed by atoms with Gasteiger partial charge in [0.25, 0.3) is 0 Å². The summed E-state index contributed by atoms with van der Waals surface area (Å²) in [5.41, 5.74) is 1.21. The second-order valence-electron chi connectivity index (χ2n) is 5.70. The van der Waals surface area contributed by atoms with Crippen molar-refractivity contribution in [2.45, 2.75) is 20.8 Å². The molecule has 1 aliphatic carbocycles. The van der Waals surface area contributed by atoms with E-state index in [1.165, 1.54) is 6.08 Å². The molecule has 0 saturated heterocycles. The normalized spacial score (nSPS) is 16.1. The molecule has 0 spiro atoms. The first-order valence-corrected chi connectivity index (χ1v) is 6.94. The van der Waals surface area contributed by atoms with Crippen LogP contribution in [0.3, 0.4) is 0 Å². The zero-order valence-electron chi connectivity index (χ0n) is 11.5. The van der Waals surface area contributed by atoms with E-state index in [2.05, 4.69) is 0 Å².